The van der Waals surface area contributed by atoms with Crippen LogP contribution in [0.5, 0.6) is 0 Å². The Bertz CT molecular complexity index is 665. The number of aliphatic hydroxyl groups excluding tert-OH is 2. The van der Waals surface area contributed by atoms with E-state index in [9.17, 15) is 28.8 Å². The lowest BCUT2D eigenvalue weighted by Crippen LogP contribution is -2.39. The molecule has 0 saturated heterocycles. The number of nitrogens with two attached hydrogens (primary N) is 6. The fraction of sp³-hybridized carbons (Fsp3) is 0.667. The lowest BCUT2D eigenvalue weighted by atomic mass is 10.2. The Kier molecular flexibility index (Phi) is 30.2. The Morgan fingerprint density at radius 3 is 1.00 bits per heavy atom. The second-order valence-corrected chi connectivity index (χ2v) is 6.88. The van der Waals surface area contributed by atoms with Crippen LogP contribution in [0.15, 0.2) is 0 Å². The van der Waals surface area contributed by atoms with Crippen molar-refractivity contribution in [3.63, 3.8) is 0 Å². The SMILES string of the molecule is C[C@@H](O)[C@H](N)C(=O)O.C[C@@H](O)[C@H](N)C(=O)O.C[C@H](N)C(=O)O.NC(=O)CC[C@H](N)C(=O)O.NCC(=O)O. The highest BCUT2D eigenvalue weighted by atomic mass is 16.4. The van der Waals surface area contributed by atoms with E-state index >= 15 is 0 Å². The monoisotopic (exact) mass is 548 g/mol. The van der Waals surface area contributed by atoms with Gasteiger partial charge in [-0.05, 0) is 27.2 Å². The molecule has 0 aliphatic rings. The first-order chi connectivity index (χ1) is 16.6. The Morgan fingerprint density at radius 2 is 0.919 bits per heavy atom. The number of carbonyl (C=O) groups is 6. The van der Waals surface area contributed by atoms with Crippen LogP contribution in [0.4, 0.5) is 0 Å². The van der Waals surface area contributed by atoms with Crippen molar-refractivity contribution in [1.82, 2.24) is 0 Å². The van der Waals surface area contributed by atoms with E-state index in [1.165, 1.54) is 20.8 Å². The van der Waals surface area contributed by atoms with Gasteiger partial charge < -0.3 is 70.1 Å². The Morgan fingerprint density at radius 1 is 0.649 bits per heavy atom. The number of aliphatic carboxylic acids is 5. The smallest absolute Gasteiger partial charge is 0.323 e. The molecule has 0 radical (unpaired) electrons. The van der Waals surface area contributed by atoms with Gasteiger partial charge in [0.2, 0.25) is 5.91 Å². The van der Waals surface area contributed by atoms with Gasteiger partial charge in [-0.1, -0.05) is 0 Å². The van der Waals surface area contributed by atoms with Gasteiger partial charge in [0.15, 0.2) is 0 Å². The summed E-state index contributed by atoms with van der Waals surface area (Å²) in [4.78, 5) is 58.7. The first-order valence-electron chi connectivity index (χ1n) is 10.1. The number of hydrogen-bond donors (Lipinski definition) is 13. The summed E-state index contributed by atoms with van der Waals surface area (Å²) < 4.78 is 0. The van der Waals surface area contributed by atoms with Crippen LogP contribution in [0, 0.1) is 0 Å². The van der Waals surface area contributed by atoms with E-state index in [2.05, 4.69) is 5.73 Å². The zero-order chi connectivity index (χ0) is 31.0. The zero-order valence-electron chi connectivity index (χ0n) is 20.6. The number of hydrogen-bond acceptors (Lipinski definition) is 13. The van der Waals surface area contributed by atoms with Gasteiger partial charge in [-0.2, -0.15) is 0 Å². The van der Waals surface area contributed by atoms with Crippen molar-refractivity contribution in [1.29, 1.82) is 0 Å². The number of rotatable bonds is 10. The molecule has 0 aromatic heterocycles. The van der Waals surface area contributed by atoms with Gasteiger partial charge in [0.05, 0.1) is 18.8 Å². The first-order valence-corrected chi connectivity index (χ1v) is 10.1. The molecular weight excluding hydrogens is 508 g/mol. The summed E-state index contributed by atoms with van der Waals surface area (Å²) in [5.74, 6) is -5.93. The standard InChI is InChI=1S/C5H10N2O3.2C4H9NO3.C3H7NO2.C2H5NO2/c6-3(5(9)10)1-2-4(7)8;2*1-2(6)3(5)4(7)8;1-2(4)3(5)6;3-1-2(4)5/h3H,1-2,6H2,(H2,7,8)(H,9,10);2*2-3,6H,5H2,1H3,(H,7,8);2H,4H2,1H3,(H,5,6);1,3H2,(H,4,5)/t3-;2*2-,3+;2-;/m0110./s1. The number of carbonyl (C=O) groups excluding carboxylic acids is 1. The predicted octanol–water partition coefficient (Wildman–Crippen LogP) is -5.33. The maximum atomic E-state index is 10.1. The molecule has 220 valence electrons. The van der Waals surface area contributed by atoms with Gasteiger partial charge in [-0.25, -0.2) is 0 Å². The fourth-order valence-corrected chi connectivity index (χ4v) is 0.834. The predicted molar refractivity (Wildman–Crippen MR) is 127 cm³/mol. The summed E-state index contributed by atoms with van der Waals surface area (Å²) in [7, 11) is 0. The van der Waals surface area contributed by atoms with E-state index < -0.39 is 72.1 Å². The molecule has 0 rings (SSSR count). The minimum absolute atomic E-state index is 0.0213. The summed E-state index contributed by atoms with van der Waals surface area (Å²) in [5, 5.41) is 56.8. The van der Waals surface area contributed by atoms with Gasteiger partial charge in [0.1, 0.15) is 24.2 Å². The quantitative estimate of drug-likeness (QED) is 0.121. The van der Waals surface area contributed by atoms with Gasteiger partial charge in [-0.3, -0.25) is 28.8 Å². The van der Waals surface area contributed by atoms with Gasteiger partial charge in [-0.15, -0.1) is 0 Å². The molecule has 19 N–H and O–H groups in total. The summed E-state index contributed by atoms with van der Waals surface area (Å²) >= 11 is 0. The third kappa shape index (κ3) is 40.0. The molecule has 0 saturated carbocycles. The molecule has 0 aliphatic heterocycles. The minimum atomic E-state index is -1.18. The largest absolute Gasteiger partial charge is 0.480 e. The van der Waals surface area contributed by atoms with Crippen molar-refractivity contribution in [2.24, 2.45) is 34.4 Å². The lowest BCUT2D eigenvalue weighted by molar-refractivity contribution is -0.141. The maximum Gasteiger partial charge on any atom is 0.323 e. The molecule has 37 heavy (non-hydrogen) atoms. The van der Waals surface area contributed by atoms with E-state index in [0.29, 0.717) is 0 Å². The van der Waals surface area contributed by atoms with E-state index in [0.717, 1.165) is 0 Å². The molecule has 0 aromatic carbocycles. The van der Waals surface area contributed by atoms with Crippen molar-refractivity contribution >= 4 is 35.8 Å². The summed E-state index contributed by atoms with van der Waals surface area (Å²) in [6, 6.07) is -4.03. The van der Waals surface area contributed by atoms with Gasteiger partial charge >= 0.3 is 29.8 Å². The van der Waals surface area contributed by atoms with Crippen molar-refractivity contribution in [2.75, 3.05) is 6.54 Å². The van der Waals surface area contributed by atoms with E-state index in [4.69, 9.17) is 64.4 Å². The Balaban J connectivity index is -0.000000118. The third-order valence-electron chi connectivity index (χ3n) is 3.19. The molecule has 19 nitrogen and oxygen atoms in total. The van der Waals surface area contributed by atoms with Crippen molar-refractivity contribution in [2.45, 2.75) is 70.0 Å². The van der Waals surface area contributed by atoms with Crippen molar-refractivity contribution in [3.8, 4) is 0 Å². The number of primary amides is 1. The fourth-order valence-electron chi connectivity index (χ4n) is 0.834. The summed E-state index contributed by atoms with van der Waals surface area (Å²) in [6.45, 7) is 3.81. The number of amides is 1. The van der Waals surface area contributed by atoms with E-state index in [1.54, 1.807) is 0 Å². The third-order valence-corrected chi connectivity index (χ3v) is 3.19. The van der Waals surface area contributed by atoms with Crippen LogP contribution in [-0.2, 0) is 28.8 Å². The topological polar surface area (TPSA) is 400 Å². The molecule has 0 bridgehead atoms. The Hall–Kier alpha value is -3.46. The highest BCUT2D eigenvalue weighted by molar-refractivity contribution is 5.77. The molecule has 0 unspecified atom stereocenters. The molecule has 0 spiro atoms. The second-order valence-electron chi connectivity index (χ2n) is 6.88. The number of carboxylic acid groups (broad SMARTS) is 5. The number of aliphatic hydroxyl groups is 2. The molecule has 19 heteroatoms. The number of carboxylic acids is 5. The maximum absolute atomic E-state index is 10.1. The summed E-state index contributed by atoms with van der Waals surface area (Å²) in [5.41, 5.74) is 29.0. The van der Waals surface area contributed by atoms with Crippen LogP contribution in [0.3, 0.4) is 0 Å². The highest BCUT2D eigenvalue weighted by Crippen LogP contribution is 1.92. The normalized spacial score (nSPS) is 14.1. The van der Waals surface area contributed by atoms with Crippen LogP contribution in [0.2, 0.25) is 0 Å². The van der Waals surface area contributed by atoms with Gasteiger partial charge in [0, 0.05) is 6.42 Å². The minimum Gasteiger partial charge on any atom is -0.480 e. The van der Waals surface area contributed by atoms with E-state index in [1.807, 2.05) is 0 Å². The van der Waals surface area contributed by atoms with Gasteiger partial charge in [0.25, 0.3) is 0 Å². The summed E-state index contributed by atoms with van der Waals surface area (Å²) in [6.07, 6.45) is -1.84. The van der Waals surface area contributed by atoms with Crippen LogP contribution < -0.4 is 34.4 Å². The van der Waals surface area contributed by atoms with Crippen molar-refractivity contribution in [3.05, 3.63) is 0 Å². The first kappa shape index (κ1) is 43.6. The molecule has 1 amide bonds. The average molecular weight is 549 g/mol. The molecule has 0 aliphatic carbocycles. The molecular formula is C18H40N6O13. The molecule has 6 atom stereocenters. The lowest BCUT2D eigenvalue weighted by Gasteiger charge is -2.07. The van der Waals surface area contributed by atoms with Crippen LogP contribution in [0.1, 0.15) is 33.6 Å². The zero-order valence-corrected chi connectivity index (χ0v) is 20.6. The van der Waals surface area contributed by atoms with Crippen molar-refractivity contribution < 1.29 is 64.5 Å². The highest BCUT2D eigenvalue weighted by Gasteiger charge is 2.17. The van der Waals surface area contributed by atoms with Crippen LogP contribution in [0.25, 0.3) is 0 Å². The van der Waals surface area contributed by atoms with E-state index in [-0.39, 0.29) is 19.4 Å². The Labute approximate surface area is 212 Å². The average Bonchev–Trinajstić information content (AvgIpc) is 2.77. The van der Waals surface area contributed by atoms with Crippen LogP contribution in [-0.4, -0.2) is 114 Å². The second kappa shape index (κ2) is 25.6. The molecule has 0 heterocycles. The molecule has 0 fully saturated rings. The van der Waals surface area contributed by atoms with Crippen LogP contribution >= 0.6 is 0 Å². The molecule has 0 aromatic rings.